The number of hydrogen-bond acceptors (Lipinski definition) is 8. The Morgan fingerprint density at radius 1 is 1.11 bits per heavy atom. The van der Waals surface area contributed by atoms with Crippen LogP contribution in [0.1, 0.15) is 52.0 Å². The Balaban J connectivity index is 1.41. The highest BCUT2D eigenvalue weighted by Gasteiger charge is 2.30. The van der Waals surface area contributed by atoms with E-state index >= 15 is 4.39 Å². The molecule has 1 amide bonds. The smallest absolute Gasteiger partial charge is 0.410 e. The number of piperazine rings is 1. The van der Waals surface area contributed by atoms with Crippen molar-refractivity contribution in [3.8, 4) is 0 Å². The molecule has 2 saturated heterocycles. The number of benzene rings is 1. The van der Waals surface area contributed by atoms with E-state index in [2.05, 4.69) is 21.3 Å². The number of anilines is 3. The number of fused-ring (bicyclic) bond motifs is 2. The first-order valence-electron chi connectivity index (χ1n) is 15.1. The molecule has 1 N–H and O–H groups in total. The van der Waals surface area contributed by atoms with Crippen LogP contribution in [0.15, 0.2) is 30.6 Å². The summed E-state index contributed by atoms with van der Waals surface area (Å²) in [5.41, 5.74) is 2.61. The minimum Gasteiger partial charge on any atom is -0.444 e. The molecule has 11 nitrogen and oxygen atoms in total. The largest absolute Gasteiger partial charge is 0.444 e. The maximum Gasteiger partial charge on any atom is 0.410 e. The van der Waals surface area contributed by atoms with Gasteiger partial charge in [0.05, 0.1) is 22.3 Å². The topological polar surface area (TPSA) is 106 Å². The van der Waals surface area contributed by atoms with Crippen molar-refractivity contribution >= 4 is 52.3 Å². The van der Waals surface area contributed by atoms with E-state index in [4.69, 9.17) is 14.6 Å². The van der Waals surface area contributed by atoms with Crippen molar-refractivity contribution in [2.45, 2.75) is 58.8 Å². The first kappa shape index (κ1) is 30.4. The molecule has 1 atom stereocenters. The van der Waals surface area contributed by atoms with E-state index in [9.17, 15) is 9.36 Å². The second-order valence-electron chi connectivity index (χ2n) is 13.1. The summed E-state index contributed by atoms with van der Waals surface area (Å²) in [6, 6.07) is 5.45. The van der Waals surface area contributed by atoms with Crippen LogP contribution in [0.25, 0.3) is 16.6 Å². The molecule has 0 bridgehead atoms. The van der Waals surface area contributed by atoms with Crippen LogP contribution in [0, 0.1) is 12.7 Å². The normalized spacial score (nSPS) is 18.3. The van der Waals surface area contributed by atoms with Gasteiger partial charge in [0.1, 0.15) is 12.7 Å². The fourth-order valence-corrected chi connectivity index (χ4v) is 7.12. The van der Waals surface area contributed by atoms with Crippen LogP contribution < -0.4 is 15.5 Å². The van der Waals surface area contributed by atoms with Gasteiger partial charge in [0.25, 0.3) is 0 Å². The molecule has 0 saturated carbocycles. The van der Waals surface area contributed by atoms with Gasteiger partial charge in [0.2, 0.25) is 0 Å². The Morgan fingerprint density at radius 2 is 1.86 bits per heavy atom. The van der Waals surface area contributed by atoms with Gasteiger partial charge in [-0.25, -0.2) is 18.9 Å². The molecule has 0 spiro atoms. The molecule has 1 aromatic carbocycles. The molecule has 4 aromatic rings. The van der Waals surface area contributed by atoms with E-state index < -0.39 is 18.6 Å². The summed E-state index contributed by atoms with van der Waals surface area (Å²) in [5.74, 6) is 0.0390. The zero-order valence-corrected chi connectivity index (χ0v) is 27.2. The van der Waals surface area contributed by atoms with Crippen molar-refractivity contribution in [3.05, 3.63) is 42.1 Å². The molecular weight excluding hydrogens is 584 g/mol. The number of imidazole rings is 1. The minimum absolute atomic E-state index is 0.253. The molecule has 236 valence electrons. The van der Waals surface area contributed by atoms with Crippen molar-refractivity contribution in [1.82, 2.24) is 24.1 Å². The van der Waals surface area contributed by atoms with Gasteiger partial charge in [-0.15, -0.1) is 0 Å². The van der Waals surface area contributed by atoms with E-state index in [1.165, 1.54) is 6.07 Å². The number of amides is 1. The van der Waals surface area contributed by atoms with Gasteiger partial charge >= 0.3 is 6.09 Å². The summed E-state index contributed by atoms with van der Waals surface area (Å²) in [4.78, 5) is 20.9. The monoisotopic (exact) mass is 625 g/mol. The molecule has 5 heterocycles. The van der Waals surface area contributed by atoms with Crippen molar-refractivity contribution in [3.63, 3.8) is 0 Å². The Kier molecular flexibility index (Phi) is 7.86. The summed E-state index contributed by atoms with van der Waals surface area (Å²) in [6.45, 7) is 13.8. The van der Waals surface area contributed by atoms with Crippen LogP contribution in [-0.2, 0) is 14.0 Å². The number of halogens is 1. The molecule has 2 aliphatic heterocycles. The molecule has 0 aliphatic carbocycles. The SMILES string of the molecule is Cc1cn2cc(Nc3nn(C4CCCCO4)c4cc(N5CCN(C(=O)OC(C)(C)C)CC5)cc(P(C)(C)=O)c34)cc(F)c2n1. The van der Waals surface area contributed by atoms with E-state index in [1.54, 1.807) is 35.0 Å². The number of carbonyl (C=O) groups excluding carboxylic acids is 1. The lowest BCUT2D eigenvalue weighted by atomic mass is 10.1. The lowest BCUT2D eigenvalue weighted by Crippen LogP contribution is -2.50. The highest BCUT2D eigenvalue weighted by molar-refractivity contribution is 7.70. The van der Waals surface area contributed by atoms with Crippen LogP contribution >= 0.6 is 7.14 Å². The molecule has 1 unspecified atom stereocenters. The summed E-state index contributed by atoms with van der Waals surface area (Å²) in [7, 11) is -2.83. The molecule has 3 aromatic heterocycles. The van der Waals surface area contributed by atoms with Crippen LogP contribution in [0.3, 0.4) is 0 Å². The second-order valence-corrected chi connectivity index (χ2v) is 16.3. The van der Waals surface area contributed by atoms with Crippen molar-refractivity contribution < 1.29 is 23.2 Å². The van der Waals surface area contributed by atoms with Gasteiger partial charge in [-0.2, -0.15) is 5.10 Å². The lowest BCUT2D eigenvalue weighted by molar-refractivity contribution is -0.0365. The predicted octanol–water partition coefficient (Wildman–Crippen LogP) is 5.88. The summed E-state index contributed by atoms with van der Waals surface area (Å²) >= 11 is 0. The number of hydrogen-bond donors (Lipinski definition) is 1. The fraction of sp³-hybridized carbons (Fsp3) is 0.516. The first-order valence-corrected chi connectivity index (χ1v) is 17.7. The third-order valence-electron chi connectivity index (χ3n) is 7.97. The van der Waals surface area contributed by atoms with E-state index in [0.717, 1.165) is 35.9 Å². The van der Waals surface area contributed by atoms with E-state index in [0.29, 0.717) is 55.3 Å². The van der Waals surface area contributed by atoms with Crippen molar-refractivity contribution in [1.29, 1.82) is 0 Å². The molecule has 2 fully saturated rings. The third-order valence-corrected chi connectivity index (χ3v) is 9.48. The number of rotatable bonds is 5. The Morgan fingerprint density at radius 3 is 2.52 bits per heavy atom. The number of nitrogens with zero attached hydrogens (tertiary/aromatic N) is 6. The average Bonchev–Trinajstić information content (AvgIpc) is 3.52. The van der Waals surface area contributed by atoms with Crippen LogP contribution in [0.2, 0.25) is 0 Å². The van der Waals surface area contributed by atoms with Gasteiger partial charge in [-0.05, 0) is 72.4 Å². The minimum atomic E-state index is -2.83. The molecular formula is C31H41FN7O4P. The first-order chi connectivity index (χ1) is 20.8. The van der Waals surface area contributed by atoms with Crippen molar-refractivity contribution in [2.75, 3.05) is 56.3 Å². The zero-order chi connectivity index (χ0) is 31.4. The predicted molar refractivity (Wildman–Crippen MR) is 171 cm³/mol. The average molecular weight is 626 g/mol. The second kappa shape index (κ2) is 11.4. The number of carbonyl (C=O) groups is 1. The molecule has 2 aliphatic rings. The van der Waals surface area contributed by atoms with Crippen molar-refractivity contribution in [2.24, 2.45) is 0 Å². The van der Waals surface area contributed by atoms with Gasteiger partial charge in [-0.3, -0.25) is 0 Å². The fourth-order valence-electron chi connectivity index (χ4n) is 5.92. The van der Waals surface area contributed by atoms with E-state index in [1.807, 2.05) is 38.4 Å². The van der Waals surface area contributed by atoms with Crippen LogP contribution in [-0.4, -0.2) is 81.9 Å². The Labute approximate surface area is 256 Å². The summed E-state index contributed by atoms with van der Waals surface area (Å²) in [5, 5.41) is 9.72. The number of nitrogens with one attached hydrogen (secondary N) is 1. The zero-order valence-electron chi connectivity index (χ0n) is 26.3. The molecule has 13 heteroatoms. The number of aryl methyl sites for hydroxylation is 1. The maximum atomic E-state index is 15.0. The molecule has 6 rings (SSSR count). The van der Waals surface area contributed by atoms with E-state index in [-0.39, 0.29) is 18.0 Å². The highest BCUT2D eigenvalue weighted by Crippen LogP contribution is 2.43. The van der Waals surface area contributed by atoms with Gasteiger partial charge in [-0.1, -0.05) is 0 Å². The number of aromatic nitrogens is 4. The Hall–Kier alpha value is -3.63. The Bertz CT molecular complexity index is 1760. The third kappa shape index (κ3) is 6.15. The summed E-state index contributed by atoms with van der Waals surface area (Å²) in [6.07, 6.45) is 5.74. The number of ether oxygens (including phenoxy) is 2. The van der Waals surface area contributed by atoms with Gasteiger partial charge < -0.3 is 33.6 Å². The molecule has 0 radical (unpaired) electrons. The quantitative estimate of drug-likeness (QED) is 0.274. The standard InChI is InChI=1S/C31H41FN7O4P/c1-20-18-38-19-21(15-23(32)29(38)33-20)34-28-27-24(39(35-28)26-9-7-8-14-42-26)16-22(17-25(27)44(5,6)41)36-10-12-37(13-11-36)30(40)43-31(2,3)4/h15-19,26H,7-14H2,1-6H3,(H,34,35). The van der Waals surface area contributed by atoms with Crippen LogP contribution in [0.5, 0.6) is 0 Å². The lowest BCUT2D eigenvalue weighted by Gasteiger charge is -2.37. The van der Waals surface area contributed by atoms with Gasteiger partial charge in [0.15, 0.2) is 23.5 Å². The number of pyridine rings is 1. The van der Waals surface area contributed by atoms with Crippen LogP contribution in [0.4, 0.5) is 26.4 Å². The van der Waals surface area contributed by atoms with Gasteiger partial charge in [0, 0.05) is 62.2 Å². The maximum absolute atomic E-state index is 15.0. The highest BCUT2D eigenvalue weighted by atomic mass is 31.2. The molecule has 44 heavy (non-hydrogen) atoms. The summed E-state index contributed by atoms with van der Waals surface area (Å²) < 4.78 is 44.2.